The molecule has 0 fully saturated rings. The normalized spacial score (nSPS) is 12.3. The molecule has 0 aliphatic heterocycles. The predicted octanol–water partition coefficient (Wildman–Crippen LogP) is 3.62. The lowest BCUT2D eigenvalue weighted by molar-refractivity contribution is 0.0567. The molecule has 2 N–H and O–H groups in total. The molecule has 112 valence electrons. The molecule has 1 atom stereocenters. The van der Waals surface area contributed by atoms with E-state index in [0.717, 1.165) is 12.1 Å². The number of rotatable bonds is 6. The standard InChI is InChI=1S/C13H16BrF2NO3/c1-7(2)3-9(20-13(17)18)6-19-12-10(15)4-8(14)5-11(12)16/h4-5,7,9H,3,6H2,1-2H3,(H2,17,18)/t9-/m0/s1. The zero-order valence-corrected chi connectivity index (χ0v) is 12.7. The molecule has 0 saturated heterocycles. The van der Waals surface area contributed by atoms with Crippen LogP contribution in [0.5, 0.6) is 5.75 Å². The lowest BCUT2D eigenvalue weighted by atomic mass is 10.1. The van der Waals surface area contributed by atoms with Gasteiger partial charge in [-0.1, -0.05) is 29.8 Å². The van der Waals surface area contributed by atoms with Gasteiger partial charge in [-0.15, -0.1) is 0 Å². The highest BCUT2D eigenvalue weighted by Crippen LogP contribution is 2.26. The number of carbonyl (C=O) groups excluding carboxylic acids is 1. The van der Waals surface area contributed by atoms with Crippen LogP contribution in [0.4, 0.5) is 13.6 Å². The van der Waals surface area contributed by atoms with Crippen LogP contribution in [0.25, 0.3) is 0 Å². The molecule has 1 aromatic rings. The Morgan fingerprint density at radius 3 is 2.35 bits per heavy atom. The van der Waals surface area contributed by atoms with Gasteiger partial charge in [-0.2, -0.15) is 0 Å². The molecule has 0 spiro atoms. The summed E-state index contributed by atoms with van der Waals surface area (Å²) in [6.45, 7) is 3.66. The summed E-state index contributed by atoms with van der Waals surface area (Å²) >= 11 is 2.97. The Morgan fingerprint density at radius 2 is 1.90 bits per heavy atom. The van der Waals surface area contributed by atoms with Crippen LogP contribution in [-0.2, 0) is 4.74 Å². The van der Waals surface area contributed by atoms with Crippen molar-refractivity contribution in [2.45, 2.75) is 26.4 Å². The summed E-state index contributed by atoms with van der Waals surface area (Å²) in [6.07, 6.45) is -1.13. The van der Waals surface area contributed by atoms with E-state index in [1.54, 1.807) is 0 Å². The SMILES string of the molecule is CC(C)C[C@@H](COc1c(F)cc(Br)cc1F)OC(N)=O. The van der Waals surface area contributed by atoms with Gasteiger partial charge in [0.2, 0.25) is 0 Å². The summed E-state index contributed by atoms with van der Waals surface area (Å²) in [7, 11) is 0. The Morgan fingerprint density at radius 1 is 1.35 bits per heavy atom. The van der Waals surface area contributed by atoms with Crippen molar-refractivity contribution in [2.75, 3.05) is 6.61 Å². The van der Waals surface area contributed by atoms with Gasteiger partial charge in [0.15, 0.2) is 17.4 Å². The lowest BCUT2D eigenvalue weighted by Gasteiger charge is -2.19. The number of hydrogen-bond donors (Lipinski definition) is 1. The van der Waals surface area contributed by atoms with Crippen molar-refractivity contribution < 1.29 is 23.0 Å². The Kier molecular flexibility index (Phi) is 6.19. The minimum atomic E-state index is -0.948. The summed E-state index contributed by atoms with van der Waals surface area (Å²) in [5, 5.41) is 0. The van der Waals surface area contributed by atoms with Crippen LogP contribution in [0.1, 0.15) is 20.3 Å². The monoisotopic (exact) mass is 351 g/mol. The molecule has 20 heavy (non-hydrogen) atoms. The van der Waals surface area contributed by atoms with Crippen LogP contribution >= 0.6 is 15.9 Å². The van der Waals surface area contributed by atoms with Crippen LogP contribution in [0.3, 0.4) is 0 Å². The average molecular weight is 352 g/mol. The first-order valence-corrected chi connectivity index (χ1v) is 6.82. The van der Waals surface area contributed by atoms with Gasteiger partial charge in [0.1, 0.15) is 12.7 Å². The summed E-state index contributed by atoms with van der Waals surface area (Å²) in [6, 6.07) is 2.18. The molecule has 0 unspecified atom stereocenters. The molecule has 0 aliphatic carbocycles. The van der Waals surface area contributed by atoms with E-state index in [1.165, 1.54) is 0 Å². The summed E-state index contributed by atoms with van der Waals surface area (Å²) in [4.78, 5) is 10.8. The van der Waals surface area contributed by atoms with E-state index in [4.69, 9.17) is 15.2 Å². The van der Waals surface area contributed by atoms with Crippen molar-refractivity contribution in [3.05, 3.63) is 28.2 Å². The minimum Gasteiger partial charge on any atom is -0.484 e. The van der Waals surface area contributed by atoms with E-state index in [0.29, 0.717) is 6.42 Å². The van der Waals surface area contributed by atoms with Crippen molar-refractivity contribution in [3.63, 3.8) is 0 Å². The molecule has 0 bridgehead atoms. The van der Waals surface area contributed by atoms with Gasteiger partial charge in [0.25, 0.3) is 0 Å². The maximum atomic E-state index is 13.6. The number of ether oxygens (including phenoxy) is 2. The quantitative estimate of drug-likeness (QED) is 0.851. The fourth-order valence-electron chi connectivity index (χ4n) is 1.68. The van der Waals surface area contributed by atoms with Crippen LogP contribution in [-0.4, -0.2) is 18.8 Å². The smallest absolute Gasteiger partial charge is 0.404 e. The first kappa shape index (κ1) is 16.7. The fraction of sp³-hybridized carbons (Fsp3) is 0.462. The van der Waals surface area contributed by atoms with E-state index in [1.807, 2.05) is 13.8 Å². The second-order valence-corrected chi connectivity index (χ2v) is 5.61. The lowest BCUT2D eigenvalue weighted by Crippen LogP contribution is -2.29. The van der Waals surface area contributed by atoms with E-state index in [-0.39, 0.29) is 17.0 Å². The maximum Gasteiger partial charge on any atom is 0.404 e. The minimum absolute atomic E-state index is 0.170. The second-order valence-electron chi connectivity index (χ2n) is 4.70. The summed E-state index contributed by atoms with van der Waals surface area (Å²) in [5.74, 6) is -1.96. The molecule has 1 aromatic carbocycles. The van der Waals surface area contributed by atoms with Crippen LogP contribution < -0.4 is 10.5 Å². The zero-order valence-electron chi connectivity index (χ0n) is 11.2. The van der Waals surface area contributed by atoms with Crippen LogP contribution in [0.2, 0.25) is 0 Å². The topological polar surface area (TPSA) is 61.6 Å². The molecule has 1 rings (SSSR count). The average Bonchev–Trinajstić information content (AvgIpc) is 2.25. The second kappa shape index (κ2) is 7.42. The molecule has 0 radical (unpaired) electrons. The summed E-state index contributed by atoms with van der Waals surface area (Å²) in [5.41, 5.74) is 4.95. The third-order valence-electron chi connectivity index (χ3n) is 2.39. The Labute approximate surface area is 124 Å². The highest BCUT2D eigenvalue weighted by Gasteiger charge is 2.18. The third-order valence-corrected chi connectivity index (χ3v) is 2.85. The molecule has 0 heterocycles. The molecule has 0 aliphatic rings. The number of primary amides is 1. The highest BCUT2D eigenvalue weighted by molar-refractivity contribution is 9.10. The van der Waals surface area contributed by atoms with Gasteiger partial charge < -0.3 is 15.2 Å². The molecule has 1 amide bonds. The molecule has 0 saturated carbocycles. The number of carbonyl (C=O) groups is 1. The number of benzene rings is 1. The molecular weight excluding hydrogens is 336 g/mol. The fourth-order valence-corrected chi connectivity index (χ4v) is 2.09. The van der Waals surface area contributed by atoms with E-state index in [2.05, 4.69) is 15.9 Å². The van der Waals surface area contributed by atoms with Crippen molar-refractivity contribution in [1.29, 1.82) is 0 Å². The van der Waals surface area contributed by atoms with Crippen molar-refractivity contribution in [2.24, 2.45) is 11.7 Å². The molecular formula is C13H16BrF2NO3. The van der Waals surface area contributed by atoms with E-state index >= 15 is 0 Å². The van der Waals surface area contributed by atoms with Crippen molar-refractivity contribution in [3.8, 4) is 5.75 Å². The van der Waals surface area contributed by atoms with Gasteiger partial charge in [-0.05, 0) is 24.5 Å². The molecule has 7 heteroatoms. The number of amides is 1. The maximum absolute atomic E-state index is 13.6. The molecule has 0 aromatic heterocycles. The third kappa shape index (κ3) is 5.32. The Balaban J connectivity index is 2.74. The van der Waals surface area contributed by atoms with Gasteiger partial charge in [-0.3, -0.25) is 0 Å². The number of halogens is 3. The number of nitrogens with two attached hydrogens (primary N) is 1. The Hall–Kier alpha value is -1.37. The summed E-state index contributed by atoms with van der Waals surface area (Å²) < 4.78 is 37.3. The van der Waals surface area contributed by atoms with E-state index < -0.39 is 29.6 Å². The van der Waals surface area contributed by atoms with Crippen LogP contribution in [0.15, 0.2) is 16.6 Å². The first-order chi connectivity index (χ1) is 9.29. The van der Waals surface area contributed by atoms with Crippen molar-refractivity contribution in [1.82, 2.24) is 0 Å². The van der Waals surface area contributed by atoms with Gasteiger partial charge in [-0.25, -0.2) is 13.6 Å². The Bertz CT molecular complexity index is 460. The largest absolute Gasteiger partial charge is 0.484 e. The van der Waals surface area contributed by atoms with Crippen molar-refractivity contribution >= 4 is 22.0 Å². The zero-order chi connectivity index (χ0) is 15.3. The van der Waals surface area contributed by atoms with Gasteiger partial charge >= 0.3 is 6.09 Å². The predicted molar refractivity (Wildman–Crippen MR) is 73.5 cm³/mol. The van der Waals surface area contributed by atoms with Gasteiger partial charge in [0.05, 0.1) is 0 Å². The van der Waals surface area contributed by atoms with Crippen LogP contribution in [0, 0.1) is 17.6 Å². The first-order valence-electron chi connectivity index (χ1n) is 6.03. The van der Waals surface area contributed by atoms with Gasteiger partial charge in [0, 0.05) is 4.47 Å². The number of hydrogen-bond acceptors (Lipinski definition) is 3. The molecule has 4 nitrogen and oxygen atoms in total. The highest BCUT2D eigenvalue weighted by atomic mass is 79.9. The van der Waals surface area contributed by atoms with E-state index in [9.17, 15) is 13.6 Å².